The molecule has 96 valence electrons. The van der Waals surface area contributed by atoms with Crippen molar-refractivity contribution in [2.45, 2.75) is 6.42 Å². The van der Waals surface area contributed by atoms with Gasteiger partial charge in [0.15, 0.2) is 0 Å². The van der Waals surface area contributed by atoms with Crippen LogP contribution in [0.1, 0.15) is 6.42 Å². The fourth-order valence-electron chi connectivity index (χ4n) is 1.11. The molecule has 0 saturated carbocycles. The molecule has 18 heavy (non-hydrogen) atoms. The minimum absolute atomic E-state index is 0.231. The number of nitro groups is 1. The number of carboxylic acids is 1. The molecule has 1 aromatic carbocycles. The van der Waals surface area contributed by atoms with Gasteiger partial charge in [-0.2, -0.15) is 4.39 Å². The van der Waals surface area contributed by atoms with Gasteiger partial charge in [0.05, 0.1) is 10.6 Å². The summed E-state index contributed by atoms with van der Waals surface area (Å²) in [6, 6.07) is 0.707. The van der Waals surface area contributed by atoms with Gasteiger partial charge < -0.3 is 10.4 Å². The van der Waals surface area contributed by atoms with Crippen LogP contribution in [-0.2, 0) is 9.59 Å². The van der Waals surface area contributed by atoms with Gasteiger partial charge in [0.2, 0.25) is 11.7 Å². The van der Waals surface area contributed by atoms with Crippen molar-refractivity contribution in [3.63, 3.8) is 0 Å². The number of carboxylic acid groups (broad SMARTS) is 1. The summed E-state index contributed by atoms with van der Waals surface area (Å²) >= 11 is 0. The van der Waals surface area contributed by atoms with Crippen LogP contribution >= 0.6 is 0 Å². The van der Waals surface area contributed by atoms with Gasteiger partial charge in [0.25, 0.3) is 0 Å². The van der Waals surface area contributed by atoms with Crippen molar-refractivity contribution in [2.24, 2.45) is 0 Å². The molecule has 0 aliphatic rings. The molecule has 0 aromatic heterocycles. The molecule has 0 saturated heterocycles. The molecule has 0 atom stereocenters. The van der Waals surface area contributed by atoms with Crippen LogP contribution < -0.4 is 5.32 Å². The summed E-state index contributed by atoms with van der Waals surface area (Å²) in [4.78, 5) is 30.5. The van der Waals surface area contributed by atoms with E-state index < -0.39 is 46.2 Å². The summed E-state index contributed by atoms with van der Waals surface area (Å²) in [6.07, 6.45) is -0.940. The number of halogens is 2. The number of carbonyl (C=O) groups is 2. The quantitative estimate of drug-likeness (QED) is 0.481. The Morgan fingerprint density at radius 3 is 2.44 bits per heavy atom. The number of hydrogen-bond acceptors (Lipinski definition) is 4. The van der Waals surface area contributed by atoms with Crippen LogP contribution in [-0.4, -0.2) is 21.9 Å². The van der Waals surface area contributed by atoms with Crippen LogP contribution in [0.3, 0.4) is 0 Å². The van der Waals surface area contributed by atoms with Crippen molar-refractivity contribution < 1.29 is 28.4 Å². The lowest BCUT2D eigenvalue weighted by molar-refractivity contribution is -0.387. The lowest BCUT2D eigenvalue weighted by Crippen LogP contribution is -2.17. The Kier molecular flexibility index (Phi) is 3.87. The molecule has 0 fully saturated rings. The Balaban J connectivity index is 3.02. The number of benzene rings is 1. The zero-order valence-electron chi connectivity index (χ0n) is 8.65. The van der Waals surface area contributed by atoms with Crippen molar-refractivity contribution in [1.82, 2.24) is 0 Å². The third kappa shape index (κ3) is 3.20. The lowest BCUT2D eigenvalue weighted by atomic mass is 10.2. The van der Waals surface area contributed by atoms with Crippen molar-refractivity contribution in [3.8, 4) is 0 Å². The Morgan fingerprint density at radius 1 is 1.33 bits per heavy atom. The SMILES string of the molecule is O=C(O)CC(=O)Nc1cc([N+](=O)[O-])c(F)cc1F. The molecule has 0 aliphatic carbocycles. The third-order valence-electron chi connectivity index (χ3n) is 1.82. The van der Waals surface area contributed by atoms with Gasteiger partial charge in [-0.15, -0.1) is 0 Å². The molecule has 1 amide bonds. The highest BCUT2D eigenvalue weighted by atomic mass is 19.1. The van der Waals surface area contributed by atoms with Crippen molar-refractivity contribution in [3.05, 3.63) is 33.9 Å². The first kappa shape index (κ1) is 13.5. The Morgan fingerprint density at radius 2 is 1.94 bits per heavy atom. The summed E-state index contributed by atoms with van der Waals surface area (Å²) in [5.74, 6) is -5.17. The number of rotatable bonds is 4. The predicted octanol–water partition coefficient (Wildman–Crippen LogP) is 1.29. The Hall–Kier alpha value is -2.58. The standard InChI is InChI=1S/C9H6F2N2O5/c10-4-1-5(11)7(13(17)18)2-6(4)12-8(14)3-9(15)16/h1-2H,3H2,(H,12,14)(H,15,16). The van der Waals surface area contributed by atoms with E-state index in [4.69, 9.17) is 5.11 Å². The van der Waals surface area contributed by atoms with Crippen LogP contribution in [0.5, 0.6) is 0 Å². The maximum absolute atomic E-state index is 13.2. The van der Waals surface area contributed by atoms with E-state index in [1.165, 1.54) is 0 Å². The molecule has 0 aliphatic heterocycles. The Bertz CT molecular complexity index is 532. The number of anilines is 1. The van der Waals surface area contributed by atoms with E-state index in [-0.39, 0.29) is 6.07 Å². The number of amides is 1. The van der Waals surface area contributed by atoms with Crippen LogP contribution in [0.25, 0.3) is 0 Å². The van der Waals surface area contributed by atoms with Gasteiger partial charge in [-0.25, -0.2) is 4.39 Å². The van der Waals surface area contributed by atoms with Crippen LogP contribution in [0, 0.1) is 21.7 Å². The number of aliphatic carboxylic acids is 1. The topological polar surface area (TPSA) is 110 Å². The Labute approximate surface area is 98.2 Å². The number of nitro benzene ring substituents is 1. The van der Waals surface area contributed by atoms with E-state index in [9.17, 15) is 28.5 Å². The maximum Gasteiger partial charge on any atom is 0.312 e. The third-order valence-corrected chi connectivity index (χ3v) is 1.82. The zero-order valence-corrected chi connectivity index (χ0v) is 8.65. The maximum atomic E-state index is 13.2. The zero-order chi connectivity index (χ0) is 13.9. The number of carbonyl (C=O) groups excluding carboxylic acids is 1. The first-order valence-electron chi connectivity index (χ1n) is 4.46. The highest BCUT2D eigenvalue weighted by Crippen LogP contribution is 2.25. The molecule has 0 spiro atoms. The van der Waals surface area contributed by atoms with E-state index in [1.807, 2.05) is 0 Å². The van der Waals surface area contributed by atoms with Crippen molar-refractivity contribution in [2.75, 3.05) is 5.32 Å². The number of hydrogen-bond donors (Lipinski definition) is 2. The van der Waals surface area contributed by atoms with E-state index in [1.54, 1.807) is 5.32 Å². The second kappa shape index (κ2) is 5.17. The van der Waals surface area contributed by atoms with Gasteiger partial charge in [-0.3, -0.25) is 19.7 Å². The fourth-order valence-corrected chi connectivity index (χ4v) is 1.11. The molecule has 1 aromatic rings. The molecule has 0 bridgehead atoms. The van der Waals surface area contributed by atoms with Gasteiger partial charge in [-0.1, -0.05) is 0 Å². The minimum atomic E-state index is -1.45. The predicted molar refractivity (Wildman–Crippen MR) is 53.9 cm³/mol. The monoisotopic (exact) mass is 260 g/mol. The summed E-state index contributed by atoms with van der Waals surface area (Å²) in [5.41, 5.74) is -1.68. The van der Waals surface area contributed by atoms with E-state index >= 15 is 0 Å². The molecule has 7 nitrogen and oxygen atoms in total. The second-order valence-corrected chi connectivity index (χ2v) is 3.16. The van der Waals surface area contributed by atoms with Gasteiger partial charge in [0.1, 0.15) is 12.2 Å². The normalized spacial score (nSPS) is 9.89. The fraction of sp³-hybridized carbons (Fsp3) is 0.111. The van der Waals surface area contributed by atoms with Gasteiger partial charge in [-0.05, 0) is 0 Å². The van der Waals surface area contributed by atoms with Crippen LogP contribution in [0.2, 0.25) is 0 Å². The molecule has 0 unspecified atom stereocenters. The van der Waals surface area contributed by atoms with Crippen molar-refractivity contribution in [1.29, 1.82) is 0 Å². The van der Waals surface area contributed by atoms with Crippen molar-refractivity contribution >= 4 is 23.3 Å². The molecule has 9 heteroatoms. The van der Waals surface area contributed by atoms with E-state index in [2.05, 4.69) is 0 Å². The average molecular weight is 260 g/mol. The largest absolute Gasteiger partial charge is 0.481 e. The molecular formula is C9H6F2N2O5. The van der Waals surface area contributed by atoms with Crippen LogP contribution in [0.15, 0.2) is 12.1 Å². The van der Waals surface area contributed by atoms with Crippen LogP contribution in [0.4, 0.5) is 20.2 Å². The first-order chi connectivity index (χ1) is 8.31. The molecule has 2 N–H and O–H groups in total. The van der Waals surface area contributed by atoms with Gasteiger partial charge in [0, 0.05) is 12.1 Å². The second-order valence-electron chi connectivity index (χ2n) is 3.16. The summed E-state index contributed by atoms with van der Waals surface area (Å²) < 4.78 is 26.1. The average Bonchev–Trinajstić information content (AvgIpc) is 2.20. The van der Waals surface area contributed by atoms with E-state index in [0.29, 0.717) is 6.07 Å². The highest BCUT2D eigenvalue weighted by Gasteiger charge is 2.20. The number of nitrogens with one attached hydrogen (secondary N) is 1. The molecule has 0 heterocycles. The van der Waals surface area contributed by atoms with Gasteiger partial charge >= 0.3 is 11.7 Å². The highest BCUT2D eigenvalue weighted by molar-refractivity contribution is 6.01. The summed E-state index contributed by atoms with van der Waals surface area (Å²) in [5, 5.41) is 20.5. The summed E-state index contributed by atoms with van der Waals surface area (Å²) in [7, 11) is 0. The molecule has 1 rings (SSSR count). The number of nitrogens with zero attached hydrogens (tertiary/aromatic N) is 1. The summed E-state index contributed by atoms with van der Waals surface area (Å²) in [6.45, 7) is 0. The first-order valence-corrected chi connectivity index (χ1v) is 4.46. The molecular weight excluding hydrogens is 254 g/mol. The smallest absolute Gasteiger partial charge is 0.312 e. The van der Waals surface area contributed by atoms with E-state index in [0.717, 1.165) is 0 Å². The lowest BCUT2D eigenvalue weighted by Gasteiger charge is -2.05. The minimum Gasteiger partial charge on any atom is -0.481 e. The molecule has 0 radical (unpaired) electrons.